The Morgan fingerprint density at radius 2 is 1.90 bits per heavy atom. The number of aromatic nitrogens is 1. The van der Waals surface area contributed by atoms with Gasteiger partial charge in [-0.1, -0.05) is 25.5 Å². The third kappa shape index (κ3) is 3.95. The summed E-state index contributed by atoms with van der Waals surface area (Å²) in [7, 11) is 0. The number of rotatable bonds is 5. The molecule has 0 atom stereocenters. The van der Waals surface area contributed by atoms with Crippen molar-refractivity contribution in [2.75, 3.05) is 18.0 Å². The van der Waals surface area contributed by atoms with Crippen LogP contribution in [0.4, 0.5) is 6.01 Å². The molecule has 156 valence electrons. The van der Waals surface area contributed by atoms with Crippen molar-refractivity contribution < 1.29 is 19.1 Å². The van der Waals surface area contributed by atoms with Crippen LogP contribution in [0.2, 0.25) is 0 Å². The molecular weight excluding hydrogens is 370 g/mol. The molecule has 2 aliphatic rings. The molecule has 0 radical (unpaired) electrons. The highest BCUT2D eigenvalue weighted by Crippen LogP contribution is 2.35. The summed E-state index contributed by atoms with van der Waals surface area (Å²) in [5, 5.41) is 12.7. The van der Waals surface area contributed by atoms with Crippen LogP contribution < -0.4 is 10.2 Å². The summed E-state index contributed by atoms with van der Waals surface area (Å²) in [6.45, 7) is 3.48. The number of hydrogen-bond donors (Lipinski definition) is 2. The molecule has 0 spiro atoms. The lowest BCUT2D eigenvalue weighted by atomic mass is 9.75. The summed E-state index contributed by atoms with van der Waals surface area (Å²) in [5.74, 6) is -0.626. The number of piperidine rings is 1. The number of hydrogen-bond acceptors (Lipinski definition) is 5. The van der Waals surface area contributed by atoms with E-state index >= 15 is 0 Å². The van der Waals surface area contributed by atoms with Crippen LogP contribution in [0, 0.1) is 11.8 Å². The number of carbonyl (C=O) groups excluding carboxylic acids is 1. The number of carbonyl (C=O) groups is 2. The second-order valence-corrected chi connectivity index (χ2v) is 8.45. The van der Waals surface area contributed by atoms with Gasteiger partial charge in [0, 0.05) is 19.0 Å². The van der Waals surface area contributed by atoms with Crippen LogP contribution in [0.5, 0.6) is 0 Å². The van der Waals surface area contributed by atoms with E-state index in [1.54, 1.807) is 0 Å². The first-order chi connectivity index (χ1) is 14.0. The minimum atomic E-state index is -1.10. The van der Waals surface area contributed by atoms with Gasteiger partial charge in [0.15, 0.2) is 5.58 Å². The summed E-state index contributed by atoms with van der Waals surface area (Å²) in [5.41, 5.74) is 0.488. The van der Waals surface area contributed by atoms with Crippen LogP contribution in [0.15, 0.2) is 28.7 Å². The molecule has 0 bridgehead atoms. The number of amides is 1. The number of fused-ring (bicyclic) bond motifs is 1. The van der Waals surface area contributed by atoms with E-state index in [0.717, 1.165) is 30.4 Å². The van der Waals surface area contributed by atoms with Crippen LogP contribution in [0.25, 0.3) is 11.1 Å². The van der Waals surface area contributed by atoms with Gasteiger partial charge < -0.3 is 19.7 Å². The number of aliphatic carboxylic acids is 1. The number of para-hydroxylation sites is 2. The number of nitrogens with one attached hydrogen (secondary N) is 1. The summed E-state index contributed by atoms with van der Waals surface area (Å²) < 4.78 is 5.83. The van der Waals surface area contributed by atoms with Crippen molar-refractivity contribution in [3.8, 4) is 0 Å². The number of carboxylic acids is 1. The topological polar surface area (TPSA) is 95.7 Å². The molecule has 1 aliphatic heterocycles. The fraction of sp³-hybridized carbons (Fsp3) is 0.591. The molecule has 1 saturated heterocycles. The van der Waals surface area contributed by atoms with Gasteiger partial charge in [0.25, 0.3) is 6.01 Å². The zero-order valence-corrected chi connectivity index (χ0v) is 16.9. The Labute approximate surface area is 170 Å². The predicted molar refractivity (Wildman–Crippen MR) is 110 cm³/mol. The van der Waals surface area contributed by atoms with Gasteiger partial charge in [-0.05, 0) is 56.6 Å². The van der Waals surface area contributed by atoms with E-state index in [2.05, 4.69) is 22.1 Å². The summed E-state index contributed by atoms with van der Waals surface area (Å²) in [6.07, 6.45) is 5.16. The van der Waals surface area contributed by atoms with Gasteiger partial charge in [0.05, 0.1) is 0 Å². The lowest BCUT2D eigenvalue weighted by molar-refractivity contribution is -0.150. The molecule has 29 heavy (non-hydrogen) atoms. The first kappa shape index (κ1) is 19.7. The van der Waals surface area contributed by atoms with Gasteiger partial charge in [-0.25, -0.2) is 4.79 Å². The number of oxazole rings is 1. The third-order valence-corrected chi connectivity index (χ3v) is 6.73. The Balaban J connectivity index is 1.36. The predicted octanol–water partition coefficient (Wildman–Crippen LogP) is 3.58. The molecule has 1 aromatic heterocycles. The monoisotopic (exact) mass is 399 g/mol. The van der Waals surface area contributed by atoms with Crippen molar-refractivity contribution in [1.82, 2.24) is 10.3 Å². The highest BCUT2D eigenvalue weighted by molar-refractivity contribution is 5.88. The summed E-state index contributed by atoms with van der Waals surface area (Å²) >= 11 is 0. The zero-order valence-electron chi connectivity index (χ0n) is 16.9. The molecule has 1 aliphatic carbocycles. The van der Waals surface area contributed by atoms with E-state index in [9.17, 15) is 14.7 Å². The molecule has 2 heterocycles. The number of benzene rings is 1. The number of carboxylic acid groups (broad SMARTS) is 1. The van der Waals surface area contributed by atoms with Crippen LogP contribution in [0.3, 0.4) is 0 Å². The Kier molecular flexibility index (Phi) is 5.48. The van der Waals surface area contributed by atoms with Crippen molar-refractivity contribution in [1.29, 1.82) is 0 Å². The molecule has 1 aromatic carbocycles. The van der Waals surface area contributed by atoms with Crippen molar-refractivity contribution >= 4 is 29.0 Å². The SMILES string of the molecule is CCC1CCC(NC(=O)C2CCN(c3nc4ccccc4o3)CC2)(C(=O)O)CC1. The largest absolute Gasteiger partial charge is 0.480 e. The third-order valence-electron chi connectivity index (χ3n) is 6.73. The van der Waals surface area contributed by atoms with Crippen molar-refractivity contribution in [3.63, 3.8) is 0 Å². The van der Waals surface area contributed by atoms with E-state index in [-0.39, 0.29) is 11.8 Å². The molecule has 1 saturated carbocycles. The molecule has 1 amide bonds. The van der Waals surface area contributed by atoms with Crippen molar-refractivity contribution in [2.45, 2.75) is 57.4 Å². The highest BCUT2D eigenvalue weighted by atomic mass is 16.4. The van der Waals surface area contributed by atoms with Crippen LogP contribution >= 0.6 is 0 Å². The Morgan fingerprint density at radius 3 is 2.52 bits per heavy atom. The maximum Gasteiger partial charge on any atom is 0.329 e. The van der Waals surface area contributed by atoms with Gasteiger partial charge in [-0.3, -0.25) is 4.79 Å². The van der Waals surface area contributed by atoms with E-state index in [0.29, 0.717) is 50.7 Å². The average molecular weight is 399 g/mol. The first-order valence-corrected chi connectivity index (χ1v) is 10.7. The molecule has 2 N–H and O–H groups in total. The number of nitrogens with zero attached hydrogens (tertiary/aromatic N) is 2. The molecule has 4 rings (SSSR count). The smallest absolute Gasteiger partial charge is 0.329 e. The number of anilines is 1. The lowest BCUT2D eigenvalue weighted by Crippen LogP contribution is -2.58. The molecular formula is C22H29N3O4. The Hall–Kier alpha value is -2.57. The standard InChI is InChI=1S/C22H29N3O4/c1-2-15-7-11-22(12-8-15,20(27)28)24-19(26)16-9-13-25(14-10-16)21-23-17-5-3-4-6-18(17)29-21/h3-6,15-16H,2,7-14H2,1H3,(H,24,26)(H,27,28). The fourth-order valence-electron chi connectivity index (χ4n) is 4.64. The quantitative estimate of drug-likeness (QED) is 0.798. The van der Waals surface area contributed by atoms with Gasteiger partial charge >= 0.3 is 5.97 Å². The minimum Gasteiger partial charge on any atom is -0.480 e. The van der Waals surface area contributed by atoms with Crippen molar-refractivity contribution in [3.05, 3.63) is 24.3 Å². The van der Waals surface area contributed by atoms with E-state index in [1.807, 2.05) is 24.3 Å². The summed E-state index contributed by atoms with van der Waals surface area (Å²) in [6, 6.07) is 8.24. The van der Waals surface area contributed by atoms with Gasteiger partial charge in [0.2, 0.25) is 5.91 Å². The Bertz CT molecular complexity index is 844. The van der Waals surface area contributed by atoms with Crippen LogP contribution in [-0.4, -0.2) is 40.6 Å². The molecule has 7 heteroatoms. The normalized spacial score (nSPS) is 25.8. The minimum absolute atomic E-state index is 0.125. The zero-order chi connectivity index (χ0) is 20.4. The molecule has 2 fully saturated rings. The maximum atomic E-state index is 12.9. The Morgan fingerprint density at radius 1 is 1.21 bits per heavy atom. The van der Waals surface area contributed by atoms with Crippen LogP contribution in [0.1, 0.15) is 51.9 Å². The molecule has 7 nitrogen and oxygen atoms in total. The van der Waals surface area contributed by atoms with E-state index in [1.165, 1.54) is 0 Å². The lowest BCUT2D eigenvalue weighted by Gasteiger charge is -2.39. The van der Waals surface area contributed by atoms with Gasteiger partial charge in [-0.2, -0.15) is 4.98 Å². The second kappa shape index (κ2) is 8.05. The van der Waals surface area contributed by atoms with Crippen LogP contribution in [-0.2, 0) is 9.59 Å². The average Bonchev–Trinajstić information content (AvgIpc) is 3.18. The molecule has 2 aromatic rings. The summed E-state index contributed by atoms with van der Waals surface area (Å²) in [4.78, 5) is 31.4. The van der Waals surface area contributed by atoms with E-state index < -0.39 is 11.5 Å². The molecule has 0 unspecified atom stereocenters. The first-order valence-electron chi connectivity index (χ1n) is 10.7. The van der Waals surface area contributed by atoms with Crippen molar-refractivity contribution in [2.24, 2.45) is 11.8 Å². The second-order valence-electron chi connectivity index (χ2n) is 8.45. The van der Waals surface area contributed by atoms with Gasteiger partial charge in [0.1, 0.15) is 11.1 Å². The van der Waals surface area contributed by atoms with Gasteiger partial charge in [-0.15, -0.1) is 0 Å². The fourth-order valence-corrected chi connectivity index (χ4v) is 4.64. The highest BCUT2D eigenvalue weighted by Gasteiger charge is 2.44. The maximum absolute atomic E-state index is 12.9. The van der Waals surface area contributed by atoms with E-state index in [4.69, 9.17) is 4.42 Å².